The number of amides is 1. The normalized spacial score (nSPS) is 18.2. The number of piperazine rings is 1. The Morgan fingerprint density at radius 3 is 2.25 bits per heavy atom. The number of likely N-dealkylation sites (N-methyl/N-ethyl adjacent to an activating group) is 1. The smallest absolute Gasteiger partial charge is 0.235 e. The molecular weight excluding hydrogens is 488 g/mol. The summed E-state index contributed by atoms with van der Waals surface area (Å²) >= 11 is 6.04. The summed E-state index contributed by atoms with van der Waals surface area (Å²) in [5.41, 5.74) is 9.01. The summed E-state index contributed by atoms with van der Waals surface area (Å²) in [5.74, 6) is -0.190. The summed E-state index contributed by atoms with van der Waals surface area (Å²) in [7, 11) is 2.13. The van der Waals surface area contributed by atoms with Crippen molar-refractivity contribution in [1.29, 1.82) is 0 Å². The molecule has 0 atom stereocenters. The molecule has 1 amide bonds. The van der Waals surface area contributed by atoms with Crippen LogP contribution in [-0.4, -0.2) is 73.0 Å². The van der Waals surface area contributed by atoms with Gasteiger partial charge in [-0.2, -0.15) is 0 Å². The van der Waals surface area contributed by atoms with Crippen LogP contribution in [0.3, 0.4) is 0 Å². The predicted molar refractivity (Wildman–Crippen MR) is 158 cm³/mol. The van der Waals surface area contributed by atoms with E-state index in [2.05, 4.69) is 64.9 Å². The lowest BCUT2D eigenvalue weighted by atomic mass is 9.98. The predicted octanol–water partition coefficient (Wildman–Crippen LogP) is 5.23. The average molecular weight is 529 g/mol. The molecule has 0 saturated carbocycles. The molecule has 2 aliphatic heterocycles. The Labute approximate surface area is 226 Å². The third-order valence-corrected chi connectivity index (χ3v) is 7.95. The van der Waals surface area contributed by atoms with Crippen molar-refractivity contribution in [2.45, 2.75) is 31.4 Å². The molecule has 0 unspecified atom stereocenters. The number of aliphatic imine (C=N–C) groups is 1. The molecule has 36 heavy (non-hydrogen) atoms. The molecule has 0 aromatic heterocycles. The summed E-state index contributed by atoms with van der Waals surface area (Å²) in [6.45, 7) is 12.8. The molecule has 4 rings (SSSR count). The molecule has 6 nitrogen and oxygen atoms in total. The zero-order valence-electron chi connectivity index (χ0n) is 21.7. The van der Waals surface area contributed by atoms with Crippen LogP contribution in [0.1, 0.15) is 32.3 Å². The maximum Gasteiger partial charge on any atom is 0.235 e. The van der Waals surface area contributed by atoms with E-state index in [0.29, 0.717) is 13.2 Å². The third kappa shape index (κ3) is 9.09. The van der Waals surface area contributed by atoms with Gasteiger partial charge < -0.3 is 15.4 Å². The van der Waals surface area contributed by atoms with Gasteiger partial charge in [-0.25, -0.2) is 4.31 Å². The van der Waals surface area contributed by atoms with E-state index in [-0.39, 0.29) is 5.91 Å². The minimum absolute atomic E-state index is 0.190. The van der Waals surface area contributed by atoms with Gasteiger partial charge in [0.15, 0.2) is 0 Å². The second kappa shape index (κ2) is 15.9. The quantitative estimate of drug-likeness (QED) is 0.305. The lowest BCUT2D eigenvalue weighted by Crippen LogP contribution is -2.50. The van der Waals surface area contributed by atoms with Gasteiger partial charge in [-0.15, -0.1) is 12.6 Å². The molecule has 2 aliphatic rings. The first-order chi connectivity index (χ1) is 17.4. The Hall–Kier alpha value is -2.10. The highest BCUT2D eigenvalue weighted by molar-refractivity contribution is 7.99. The van der Waals surface area contributed by atoms with Gasteiger partial charge >= 0.3 is 0 Å². The number of ether oxygens (including phenoxy) is 1. The van der Waals surface area contributed by atoms with E-state index in [1.54, 1.807) is 18.1 Å². The van der Waals surface area contributed by atoms with Crippen LogP contribution in [0.5, 0.6) is 0 Å². The van der Waals surface area contributed by atoms with Gasteiger partial charge in [0.2, 0.25) is 5.91 Å². The van der Waals surface area contributed by atoms with E-state index in [0.717, 1.165) is 49.5 Å². The fraction of sp³-hybridized carbons (Fsp3) is 0.429. The lowest BCUT2D eigenvalue weighted by molar-refractivity contribution is -0.122. The molecule has 8 heteroatoms. The molecule has 0 bridgehead atoms. The van der Waals surface area contributed by atoms with Crippen molar-refractivity contribution < 1.29 is 9.53 Å². The number of carbonyl (C=O) groups excluding carboxylic acids is 1. The van der Waals surface area contributed by atoms with Crippen LogP contribution in [-0.2, 0) is 9.53 Å². The van der Waals surface area contributed by atoms with Crippen LogP contribution in [0.4, 0.5) is 0 Å². The van der Waals surface area contributed by atoms with E-state index < -0.39 is 4.75 Å². The van der Waals surface area contributed by atoms with Crippen LogP contribution in [0.2, 0.25) is 0 Å². The number of thiol groups is 1. The molecule has 0 spiro atoms. The second-order valence-electron chi connectivity index (χ2n) is 8.44. The molecule has 2 aromatic rings. The zero-order chi connectivity index (χ0) is 26.4. The number of hydrogen-bond donors (Lipinski definition) is 2. The number of hydrogen-bond acceptors (Lipinski definition) is 7. The third-order valence-electron chi connectivity index (χ3n) is 5.99. The molecule has 2 saturated heterocycles. The Balaban J connectivity index is 0.000000237. The maximum atomic E-state index is 11.7. The van der Waals surface area contributed by atoms with E-state index in [9.17, 15) is 4.79 Å². The first-order valence-corrected chi connectivity index (χ1v) is 13.7. The molecule has 0 radical (unpaired) electrons. The topological polar surface area (TPSA) is 71.2 Å². The molecule has 2 fully saturated rings. The van der Waals surface area contributed by atoms with Gasteiger partial charge in [0.1, 0.15) is 4.75 Å². The zero-order valence-corrected chi connectivity index (χ0v) is 23.4. The number of primary amides is 1. The van der Waals surface area contributed by atoms with Crippen molar-refractivity contribution in [1.82, 2.24) is 9.21 Å². The first kappa shape index (κ1) is 30.1. The fourth-order valence-corrected chi connectivity index (χ4v) is 5.36. The minimum atomic E-state index is -0.436. The molecule has 2 N–H and O–H groups in total. The van der Waals surface area contributed by atoms with E-state index in [1.165, 1.54) is 11.1 Å². The number of nitrogens with two attached hydrogens (primary N) is 1. The number of carbonyl (C=O) groups is 1. The summed E-state index contributed by atoms with van der Waals surface area (Å²) in [5, 5.41) is 0. The van der Waals surface area contributed by atoms with Crippen LogP contribution in [0.25, 0.3) is 16.0 Å². The van der Waals surface area contributed by atoms with Gasteiger partial charge in [0.25, 0.3) is 0 Å². The number of rotatable bonds is 6. The van der Waals surface area contributed by atoms with Gasteiger partial charge in [-0.05, 0) is 49.4 Å². The standard InChI is InChI=1S/C15H13NS.C11H21N3O2S.C2H6/c1-16-11-15(17)14-9-5-8-13(10-14)12-6-3-2-4-7-12;1-13-4-6-14(7-5-13)17-11(10(12)15)2-8-16-9-3-11;1-2/h2-11,17H,1H2;2-9H2,1H3,(H2,12,15);1-2H3/b15-11-;;. The van der Waals surface area contributed by atoms with Crippen LogP contribution >= 0.6 is 24.6 Å². The monoisotopic (exact) mass is 528 g/mol. The van der Waals surface area contributed by atoms with E-state index in [4.69, 9.17) is 10.5 Å². The number of benzene rings is 2. The average Bonchev–Trinajstić information content (AvgIpc) is 2.93. The van der Waals surface area contributed by atoms with Crippen LogP contribution < -0.4 is 5.73 Å². The summed E-state index contributed by atoms with van der Waals surface area (Å²) in [4.78, 5) is 18.6. The van der Waals surface area contributed by atoms with Crippen LogP contribution in [0.15, 0.2) is 65.8 Å². The Kier molecular flexibility index (Phi) is 13.3. The van der Waals surface area contributed by atoms with Crippen LogP contribution in [0, 0.1) is 0 Å². The summed E-state index contributed by atoms with van der Waals surface area (Å²) in [6.07, 6.45) is 3.12. The molecule has 2 aromatic carbocycles. The Morgan fingerprint density at radius 1 is 1.06 bits per heavy atom. The van der Waals surface area contributed by atoms with E-state index >= 15 is 0 Å². The highest BCUT2D eigenvalue weighted by Gasteiger charge is 2.41. The fourth-order valence-electron chi connectivity index (χ4n) is 3.86. The summed E-state index contributed by atoms with van der Waals surface area (Å²) in [6, 6.07) is 18.5. The largest absolute Gasteiger partial charge is 0.381 e. The molecule has 0 aliphatic carbocycles. The van der Waals surface area contributed by atoms with Crippen molar-refractivity contribution in [2.75, 3.05) is 46.4 Å². The highest BCUT2D eigenvalue weighted by Crippen LogP contribution is 2.37. The van der Waals surface area contributed by atoms with Gasteiger partial charge in [0.05, 0.1) is 0 Å². The number of nitrogens with zero attached hydrogens (tertiary/aromatic N) is 3. The summed E-state index contributed by atoms with van der Waals surface area (Å²) < 4.78 is 7.18. The highest BCUT2D eigenvalue weighted by atomic mass is 32.2. The van der Waals surface area contributed by atoms with Gasteiger partial charge in [-0.3, -0.25) is 9.79 Å². The van der Waals surface area contributed by atoms with E-state index in [1.807, 2.05) is 44.2 Å². The molecular formula is C28H40N4O2S2. The van der Waals surface area contributed by atoms with Gasteiger partial charge in [-0.1, -0.05) is 74.3 Å². The molecule has 196 valence electrons. The molecule has 2 heterocycles. The lowest BCUT2D eigenvalue weighted by Gasteiger charge is -2.40. The van der Waals surface area contributed by atoms with Crippen molar-refractivity contribution in [2.24, 2.45) is 10.7 Å². The van der Waals surface area contributed by atoms with Gasteiger partial charge in [0, 0.05) is 50.5 Å². The SMILES string of the molecule is C=N/C=C(\S)c1cccc(-c2ccccc2)c1.CC.CN1CCN(SC2(C(N)=O)CCOCC2)CC1. The van der Waals surface area contributed by atoms with Crippen molar-refractivity contribution >= 4 is 42.1 Å². The second-order valence-corrected chi connectivity index (χ2v) is 10.4. The van der Waals surface area contributed by atoms with Crippen molar-refractivity contribution in [3.63, 3.8) is 0 Å². The maximum absolute atomic E-state index is 11.7. The first-order valence-electron chi connectivity index (χ1n) is 12.4. The van der Waals surface area contributed by atoms with Crippen molar-refractivity contribution in [3.05, 3.63) is 66.4 Å². The Bertz CT molecular complexity index is 971. The minimum Gasteiger partial charge on any atom is -0.381 e. The Morgan fingerprint density at radius 2 is 1.67 bits per heavy atom. The van der Waals surface area contributed by atoms with Crippen molar-refractivity contribution in [3.8, 4) is 11.1 Å².